The van der Waals surface area contributed by atoms with Crippen molar-refractivity contribution in [2.45, 2.75) is 12.5 Å². The number of methoxy groups -OCH3 is 1. The highest BCUT2D eigenvalue weighted by molar-refractivity contribution is 9.10. The molecule has 116 valence electrons. The van der Waals surface area contributed by atoms with Crippen LogP contribution in [0.25, 0.3) is 0 Å². The van der Waals surface area contributed by atoms with Crippen LogP contribution in [0.5, 0.6) is 0 Å². The molecule has 1 atom stereocenters. The molecule has 0 saturated carbocycles. The monoisotopic (exact) mass is 398 g/mol. The second-order valence-electron chi connectivity index (χ2n) is 4.02. The van der Waals surface area contributed by atoms with Gasteiger partial charge in [-0.15, -0.1) is 0 Å². The van der Waals surface area contributed by atoms with Gasteiger partial charge in [-0.3, -0.25) is 0 Å². The molecule has 0 fully saturated rings. The molecule has 0 radical (unpaired) electrons. The normalized spacial score (nSPS) is 11.8. The molecule has 0 aliphatic heterocycles. The summed E-state index contributed by atoms with van der Waals surface area (Å²) < 4.78 is 5.45. The van der Waals surface area contributed by atoms with Crippen molar-refractivity contribution in [2.75, 3.05) is 19.0 Å². The van der Waals surface area contributed by atoms with E-state index >= 15 is 0 Å². The molecule has 2 amide bonds. The maximum atomic E-state index is 11.8. The van der Waals surface area contributed by atoms with Gasteiger partial charge in [-0.25, -0.2) is 9.59 Å². The van der Waals surface area contributed by atoms with E-state index in [1.165, 1.54) is 7.11 Å². The lowest BCUT2D eigenvalue weighted by atomic mass is 10.2. The van der Waals surface area contributed by atoms with Crippen LogP contribution in [0.1, 0.15) is 6.42 Å². The third-order valence-electron chi connectivity index (χ3n) is 2.46. The first-order chi connectivity index (χ1) is 9.85. The SMILES string of the molecule is COCCC(NC(=O)Nc1c(Cl)cc(Br)cc1Cl)C(=O)O. The summed E-state index contributed by atoms with van der Waals surface area (Å²) in [4.78, 5) is 22.8. The van der Waals surface area contributed by atoms with E-state index in [9.17, 15) is 9.59 Å². The number of rotatable bonds is 6. The van der Waals surface area contributed by atoms with Gasteiger partial charge in [0.25, 0.3) is 0 Å². The minimum absolute atomic E-state index is 0.140. The van der Waals surface area contributed by atoms with Crippen LogP contribution in [-0.2, 0) is 9.53 Å². The Morgan fingerprint density at radius 1 is 1.38 bits per heavy atom. The topological polar surface area (TPSA) is 87.7 Å². The fourth-order valence-electron chi connectivity index (χ4n) is 1.46. The first kappa shape index (κ1) is 18.0. The number of amides is 2. The van der Waals surface area contributed by atoms with E-state index in [0.717, 1.165) is 0 Å². The van der Waals surface area contributed by atoms with Crippen molar-refractivity contribution < 1.29 is 19.4 Å². The molecular weight excluding hydrogens is 387 g/mol. The molecule has 0 heterocycles. The number of hydrogen-bond donors (Lipinski definition) is 3. The number of nitrogens with one attached hydrogen (secondary N) is 2. The van der Waals surface area contributed by atoms with E-state index in [1.807, 2.05) is 0 Å². The Morgan fingerprint density at radius 2 is 1.95 bits per heavy atom. The predicted octanol–water partition coefficient (Wildman–Crippen LogP) is 3.37. The summed E-state index contributed by atoms with van der Waals surface area (Å²) in [5.41, 5.74) is 0.204. The summed E-state index contributed by atoms with van der Waals surface area (Å²) in [5.74, 6) is -1.16. The zero-order chi connectivity index (χ0) is 16.0. The lowest BCUT2D eigenvalue weighted by Crippen LogP contribution is -2.43. The number of carbonyl (C=O) groups is 2. The van der Waals surface area contributed by atoms with Crippen molar-refractivity contribution in [2.24, 2.45) is 0 Å². The number of aliphatic carboxylic acids is 1. The van der Waals surface area contributed by atoms with Crippen molar-refractivity contribution in [3.63, 3.8) is 0 Å². The third kappa shape index (κ3) is 5.70. The van der Waals surface area contributed by atoms with E-state index < -0.39 is 18.0 Å². The smallest absolute Gasteiger partial charge is 0.326 e. The van der Waals surface area contributed by atoms with Crippen LogP contribution < -0.4 is 10.6 Å². The van der Waals surface area contributed by atoms with Crippen LogP contribution in [0, 0.1) is 0 Å². The molecule has 1 aromatic carbocycles. The first-order valence-electron chi connectivity index (χ1n) is 5.79. The number of urea groups is 1. The molecule has 21 heavy (non-hydrogen) atoms. The Kier molecular flexibility index (Phi) is 7.24. The van der Waals surface area contributed by atoms with E-state index in [4.69, 9.17) is 33.0 Å². The van der Waals surface area contributed by atoms with E-state index in [1.54, 1.807) is 12.1 Å². The summed E-state index contributed by atoms with van der Waals surface area (Å²) in [5, 5.41) is 14.2. The van der Waals surface area contributed by atoms with E-state index in [0.29, 0.717) is 4.47 Å². The van der Waals surface area contributed by atoms with Gasteiger partial charge in [0.1, 0.15) is 6.04 Å². The van der Waals surface area contributed by atoms with Gasteiger partial charge in [0.05, 0.1) is 15.7 Å². The average molecular weight is 400 g/mol. The van der Waals surface area contributed by atoms with Gasteiger partial charge in [0, 0.05) is 24.6 Å². The predicted molar refractivity (Wildman–Crippen MR) is 84.2 cm³/mol. The lowest BCUT2D eigenvalue weighted by molar-refractivity contribution is -0.139. The molecule has 0 spiro atoms. The Hall–Kier alpha value is -1.02. The van der Waals surface area contributed by atoms with Crippen LogP contribution in [0.4, 0.5) is 10.5 Å². The van der Waals surface area contributed by atoms with Crippen LogP contribution in [0.15, 0.2) is 16.6 Å². The molecule has 0 aliphatic carbocycles. The van der Waals surface area contributed by atoms with E-state index in [-0.39, 0.29) is 28.8 Å². The van der Waals surface area contributed by atoms with E-state index in [2.05, 4.69) is 26.6 Å². The van der Waals surface area contributed by atoms with Crippen molar-refractivity contribution in [1.82, 2.24) is 5.32 Å². The summed E-state index contributed by atoms with van der Waals surface area (Å²) >= 11 is 15.1. The van der Waals surface area contributed by atoms with Crippen LogP contribution in [0.2, 0.25) is 10.0 Å². The largest absolute Gasteiger partial charge is 0.480 e. The summed E-state index contributed by atoms with van der Waals surface area (Å²) in [6.07, 6.45) is 0.140. The highest BCUT2D eigenvalue weighted by Crippen LogP contribution is 2.33. The number of anilines is 1. The Morgan fingerprint density at radius 3 is 2.43 bits per heavy atom. The number of carboxylic acids is 1. The first-order valence-corrected chi connectivity index (χ1v) is 7.33. The van der Waals surface area contributed by atoms with Gasteiger partial charge in [-0.05, 0) is 12.1 Å². The van der Waals surface area contributed by atoms with Gasteiger partial charge < -0.3 is 20.5 Å². The second-order valence-corrected chi connectivity index (χ2v) is 5.75. The van der Waals surface area contributed by atoms with Crippen molar-refractivity contribution in [1.29, 1.82) is 0 Å². The second kappa shape index (κ2) is 8.43. The van der Waals surface area contributed by atoms with Crippen LogP contribution in [-0.4, -0.2) is 36.9 Å². The molecular formula is C12H13BrCl2N2O4. The van der Waals surface area contributed by atoms with Gasteiger partial charge >= 0.3 is 12.0 Å². The average Bonchev–Trinajstić information content (AvgIpc) is 2.38. The molecule has 0 aliphatic rings. The van der Waals surface area contributed by atoms with Crippen LogP contribution in [0.3, 0.4) is 0 Å². The minimum atomic E-state index is -1.16. The zero-order valence-corrected chi connectivity index (χ0v) is 14.0. The molecule has 6 nitrogen and oxygen atoms in total. The maximum absolute atomic E-state index is 11.8. The lowest BCUT2D eigenvalue weighted by Gasteiger charge is -2.16. The fourth-order valence-corrected chi connectivity index (χ4v) is 2.77. The van der Waals surface area contributed by atoms with Gasteiger partial charge in [-0.1, -0.05) is 39.1 Å². The maximum Gasteiger partial charge on any atom is 0.326 e. The van der Waals surface area contributed by atoms with Gasteiger partial charge in [0.15, 0.2) is 0 Å². The van der Waals surface area contributed by atoms with Gasteiger partial charge in [-0.2, -0.15) is 0 Å². The molecule has 1 unspecified atom stereocenters. The number of ether oxygens (including phenoxy) is 1. The van der Waals surface area contributed by atoms with Crippen molar-refractivity contribution >= 4 is 56.8 Å². The molecule has 9 heteroatoms. The highest BCUT2D eigenvalue weighted by Gasteiger charge is 2.20. The molecule has 3 N–H and O–H groups in total. The Balaban J connectivity index is 2.74. The number of carbonyl (C=O) groups excluding carboxylic acids is 1. The summed E-state index contributed by atoms with van der Waals surface area (Å²) in [6, 6.07) is 1.33. The summed E-state index contributed by atoms with van der Waals surface area (Å²) in [7, 11) is 1.44. The molecule has 0 aromatic heterocycles. The molecule has 1 rings (SSSR count). The Labute approximate surface area is 139 Å². The third-order valence-corrected chi connectivity index (χ3v) is 3.51. The minimum Gasteiger partial charge on any atom is -0.480 e. The van der Waals surface area contributed by atoms with Crippen molar-refractivity contribution in [3.8, 4) is 0 Å². The quantitative estimate of drug-likeness (QED) is 0.684. The fraction of sp³-hybridized carbons (Fsp3) is 0.333. The van der Waals surface area contributed by atoms with Crippen molar-refractivity contribution in [3.05, 3.63) is 26.7 Å². The molecule has 0 saturated heterocycles. The number of benzene rings is 1. The standard InChI is InChI=1S/C12H13BrCl2N2O4/c1-21-3-2-9(11(18)19)16-12(20)17-10-7(14)4-6(13)5-8(10)15/h4-5,9H,2-3H2,1H3,(H,18,19)(H2,16,17,20). The Bertz CT molecular complexity index is 519. The van der Waals surface area contributed by atoms with Gasteiger partial charge in [0.2, 0.25) is 0 Å². The zero-order valence-electron chi connectivity index (χ0n) is 11.0. The number of hydrogen-bond acceptors (Lipinski definition) is 3. The highest BCUT2D eigenvalue weighted by atomic mass is 79.9. The molecule has 1 aromatic rings. The summed E-state index contributed by atoms with van der Waals surface area (Å²) in [6.45, 7) is 0.205. The number of carboxylic acid groups (broad SMARTS) is 1. The van der Waals surface area contributed by atoms with Crippen LogP contribution >= 0.6 is 39.1 Å². The number of halogens is 3. The molecule has 0 bridgehead atoms.